The summed E-state index contributed by atoms with van der Waals surface area (Å²) in [5.41, 5.74) is 2.00. The molecule has 3 rings (SSSR count). The number of benzene rings is 1. The number of aromatic nitrogens is 2. The molecule has 21 heavy (non-hydrogen) atoms. The Morgan fingerprint density at radius 1 is 0.857 bits per heavy atom. The molecule has 0 unspecified atom stereocenters. The highest BCUT2D eigenvalue weighted by molar-refractivity contribution is 5.55. The standard InChI is InChI=1S/C18H14N2O/c1-2-8-15(9-3-1)17-14-20-18(21-17)12-5-4-10-16-11-6-7-13-19-16/h1-3,6-9,11,13-14H,10,12H2. The first-order valence-corrected chi connectivity index (χ1v) is 6.77. The fourth-order valence-electron chi connectivity index (χ4n) is 1.92. The lowest BCUT2D eigenvalue weighted by atomic mass is 10.2. The average Bonchev–Trinajstić information content (AvgIpc) is 3.02. The lowest BCUT2D eigenvalue weighted by Crippen LogP contribution is -1.86. The quantitative estimate of drug-likeness (QED) is 0.686. The summed E-state index contributed by atoms with van der Waals surface area (Å²) in [4.78, 5) is 8.48. The molecule has 102 valence electrons. The van der Waals surface area contributed by atoms with E-state index in [4.69, 9.17) is 4.42 Å². The largest absolute Gasteiger partial charge is 0.440 e. The molecule has 3 aromatic rings. The van der Waals surface area contributed by atoms with Crippen molar-refractivity contribution in [1.82, 2.24) is 9.97 Å². The third-order valence-corrected chi connectivity index (χ3v) is 2.97. The lowest BCUT2D eigenvalue weighted by Gasteiger charge is -1.93. The third kappa shape index (κ3) is 3.58. The van der Waals surface area contributed by atoms with Gasteiger partial charge in [0.1, 0.15) is 0 Å². The van der Waals surface area contributed by atoms with E-state index in [-0.39, 0.29) is 0 Å². The van der Waals surface area contributed by atoms with Crippen molar-refractivity contribution >= 4 is 0 Å². The van der Waals surface area contributed by atoms with Gasteiger partial charge in [0.15, 0.2) is 5.76 Å². The van der Waals surface area contributed by atoms with Crippen LogP contribution in [-0.4, -0.2) is 9.97 Å². The molecule has 2 aromatic heterocycles. The maximum Gasteiger partial charge on any atom is 0.206 e. The van der Waals surface area contributed by atoms with Gasteiger partial charge in [-0.3, -0.25) is 4.98 Å². The predicted octanol–water partition coefficient (Wildman–Crippen LogP) is 3.53. The molecule has 0 N–H and O–H groups in total. The van der Waals surface area contributed by atoms with Gasteiger partial charge in [-0.1, -0.05) is 48.2 Å². The van der Waals surface area contributed by atoms with Crippen LogP contribution in [0.3, 0.4) is 0 Å². The highest BCUT2D eigenvalue weighted by Gasteiger charge is 2.04. The normalized spacial score (nSPS) is 9.90. The number of nitrogens with zero attached hydrogens (tertiary/aromatic N) is 2. The first-order valence-electron chi connectivity index (χ1n) is 6.77. The Morgan fingerprint density at radius 3 is 2.48 bits per heavy atom. The van der Waals surface area contributed by atoms with Crippen LogP contribution in [0.2, 0.25) is 0 Å². The summed E-state index contributed by atoms with van der Waals surface area (Å²) in [7, 11) is 0. The molecule has 0 amide bonds. The van der Waals surface area contributed by atoms with E-state index in [9.17, 15) is 0 Å². The van der Waals surface area contributed by atoms with E-state index in [2.05, 4.69) is 21.8 Å². The Bertz CT molecular complexity index is 752. The minimum Gasteiger partial charge on any atom is -0.440 e. The first kappa shape index (κ1) is 13.1. The summed E-state index contributed by atoms with van der Waals surface area (Å²) in [6.07, 6.45) is 4.68. The minimum absolute atomic E-state index is 0.514. The van der Waals surface area contributed by atoms with Crippen LogP contribution >= 0.6 is 0 Å². The Labute approximate surface area is 123 Å². The van der Waals surface area contributed by atoms with Gasteiger partial charge in [0.25, 0.3) is 0 Å². The van der Waals surface area contributed by atoms with Gasteiger partial charge in [0, 0.05) is 11.8 Å². The second-order valence-corrected chi connectivity index (χ2v) is 4.51. The van der Waals surface area contributed by atoms with E-state index < -0.39 is 0 Å². The molecule has 0 radical (unpaired) electrons. The summed E-state index contributed by atoms with van der Waals surface area (Å²) in [6, 6.07) is 15.7. The Morgan fingerprint density at radius 2 is 1.67 bits per heavy atom. The molecule has 0 aliphatic heterocycles. The molecule has 0 bridgehead atoms. The van der Waals surface area contributed by atoms with Crippen molar-refractivity contribution in [3.05, 3.63) is 72.5 Å². The third-order valence-electron chi connectivity index (χ3n) is 2.97. The zero-order valence-corrected chi connectivity index (χ0v) is 11.5. The van der Waals surface area contributed by atoms with Crippen LogP contribution in [0.1, 0.15) is 11.6 Å². The van der Waals surface area contributed by atoms with Crippen molar-refractivity contribution in [3.63, 3.8) is 0 Å². The van der Waals surface area contributed by atoms with Crippen LogP contribution in [0, 0.1) is 11.8 Å². The second-order valence-electron chi connectivity index (χ2n) is 4.51. The lowest BCUT2D eigenvalue weighted by molar-refractivity contribution is 0.524. The molecule has 1 aromatic carbocycles. The molecule has 0 fully saturated rings. The Balaban J connectivity index is 1.61. The van der Waals surface area contributed by atoms with Gasteiger partial charge < -0.3 is 4.42 Å². The molecule has 0 aliphatic rings. The highest BCUT2D eigenvalue weighted by Crippen LogP contribution is 2.19. The summed E-state index contributed by atoms with van der Waals surface area (Å²) >= 11 is 0. The zero-order valence-electron chi connectivity index (χ0n) is 11.5. The number of rotatable bonds is 3. The van der Waals surface area contributed by atoms with Crippen LogP contribution in [0.5, 0.6) is 0 Å². The maximum absolute atomic E-state index is 5.69. The summed E-state index contributed by atoms with van der Waals surface area (Å²) in [6.45, 7) is 0. The first-order chi connectivity index (χ1) is 10.4. The van der Waals surface area contributed by atoms with Gasteiger partial charge in [0.05, 0.1) is 24.7 Å². The SMILES string of the molecule is C(#CCc1ncc(-c2ccccc2)o1)Cc1ccccn1. The minimum atomic E-state index is 0.514. The smallest absolute Gasteiger partial charge is 0.206 e. The Kier molecular flexibility index (Phi) is 4.09. The monoisotopic (exact) mass is 274 g/mol. The van der Waals surface area contributed by atoms with E-state index in [1.54, 1.807) is 12.4 Å². The molecule has 2 heterocycles. The summed E-state index contributed by atoms with van der Waals surface area (Å²) in [5, 5.41) is 0. The highest BCUT2D eigenvalue weighted by atomic mass is 16.4. The van der Waals surface area contributed by atoms with E-state index >= 15 is 0 Å². The zero-order chi connectivity index (χ0) is 14.3. The van der Waals surface area contributed by atoms with Crippen LogP contribution in [0.15, 0.2) is 65.3 Å². The molecule has 0 atom stereocenters. The van der Waals surface area contributed by atoms with E-state index in [0.29, 0.717) is 18.7 Å². The van der Waals surface area contributed by atoms with Gasteiger partial charge in [-0.05, 0) is 12.1 Å². The van der Waals surface area contributed by atoms with Crippen LogP contribution in [-0.2, 0) is 12.8 Å². The van der Waals surface area contributed by atoms with E-state index in [1.807, 2.05) is 48.5 Å². The molecule has 3 nitrogen and oxygen atoms in total. The molecular formula is C18H14N2O. The van der Waals surface area contributed by atoms with E-state index in [1.165, 1.54) is 0 Å². The fourth-order valence-corrected chi connectivity index (χ4v) is 1.92. The second kappa shape index (κ2) is 6.53. The molecular weight excluding hydrogens is 260 g/mol. The van der Waals surface area contributed by atoms with E-state index in [0.717, 1.165) is 17.0 Å². The van der Waals surface area contributed by atoms with Gasteiger partial charge in [-0.2, -0.15) is 0 Å². The van der Waals surface area contributed by atoms with Gasteiger partial charge >= 0.3 is 0 Å². The molecule has 0 saturated carbocycles. The maximum atomic E-state index is 5.69. The summed E-state index contributed by atoms with van der Waals surface area (Å²) in [5.74, 6) is 7.57. The fraction of sp³-hybridized carbons (Fsp3) is 0.111. The predicted molar refractivity (Wildman–Crippen MR) is 81.4 cm³/mol. The molecule has 0 aliphatic carbocycles. The molecule has 3 heteroatoms. The molecule has 0 spiro atoms. The van der Waals surface area contributed by atoms with Crippen LogP contribution in [0.4, 0.5) is 0 Å². The number of oxazole rings is 1. The van der Waals surface area contributed by atoms with Crippen molar-refractivity contribution in [3.8, 4) is 23.2 Å². The van der Waals surface area contributed by atoms with Gasteiger partial charge in [-0.25, -0.2) is 4.98 Å². The van der Waals surface area contributed by atoms with Gasteiger partial charge in [0.2, 0.25) is 5.89 Å². The van der Waals surface area contributed by atoms with Crippen molar-refractivity contribution in [2.24, 2.45) is 0 Å². The summed E-state index contributed by atoms with van der Waals surface area (Å²) < 4.78 is 5.69. The number of hydrogen-bond acceptors (Lipinski definition) is 3. The van der Waals surface area contributed by atoms with Crippen molar-refractivity contribution in [1.29, 1.82) is 0 Å². The number of hydrogen-bond donors (Lipinski definition) is 0. The Hall–Kier alpha value is -2.86. The van der Waals surface area contributed by atoms with Crippen LogP contribution in [0.25, 0.3) is 11.3 Å². The number of pyridine rings is 1. The van der Waals surface area contributed by atoms with Crippen LogP contribution < -0.4 is 0 Å². The van der Waals surface area contributed by atoms with Crippen molar-refractivity contribution in [2.75, 3.05) is 0 Å². The molecule has 0 saturated heterocycles. The van der Waals surface area contributed by atoms with Crippen molar-refractivity contribution in [2.45, 2.75) is 12.8 Å². The van der Waals surface area contributed by atoms with Gasteiger partial charge in [-0.15, -0.1) is 0 Å². The van der Waals surface area contributed by atoms with Crippen molar-refractivity contribution < 1.29 is 4.42 Å². The topological polar surface area (TPSA) is 38.9 Å². The average molecular weight is 274 g/mol.